The number of halogens is 4. The summed E-state index contributed by atoms with van der Waals surface area (Å²) in [5.41, 5.74) is 0.237. The number of methoxy groups -OCH3 is 1. The van der Waals surface area contributed by atoms with E-state index in [4.69, 9.17) is 4.74 Å². The average Bonchev–Trinajstić information content (AvgIpc) is 3.02. The fourth-order valence-corrected chi connectivity index (χ4v) is 6.40. The minimum absolute atomic E-state index is 0.0721. The molecular weight excluding hydrogens is 600 g/mol. The molecule has 1 aliphatic rings. The van der Waals surface area contributed by atoms with Crippen LogP contribution in [0.15, 0.2) is 66.7 Å². The van der Waals surface area contributed by atoms with Crippen molar-refractivity contribution in [3.63, 3.8) is 0 Å². The topological polar surface area (TPSA) is 78.9 Å². The van der Waals surface area contributed by atoms with Crippen LogP contribution in [-0.4, -0.2) is 54.7 Å². The normalized spacial score (nSPS) is 14.7. The van der Waals surface area contributed by atoms with Crippen molar-refractivity contribution in [2.75, 3.05) is 26.7 Å². The number of carboxylic acid groups (broad SMARTS) is 1. The van der Waals surface area contributed by atoms with Crippen LogP contribution in [0, 0.1) is 12.7 Å². The molecule has 1 saturated heterocycles. The maximum atomic E-state index is 14.9. The number of carboxylic acids is 1. The highest BCUT2D eigenvalue weighted by molar-refractivity contribution is 6.01. The van der Waals surface area contributed by atoms with Crippen molar-refractivity contribution in [3.05, 3.63) is 100 Å². The third-order valence-corrected chi connectivity index (χ3v) is 8.66. The van der Waals surface area contributed by atoms with Crippen LogP contribution in [-0.2, 0) is 23.8 Å². The molecule has 0 radical (unpaired) electrons. The summed E-state index contributed by atoms with van der Waals surface area (Å²) in [4.78, 5) is 27.4. The lowest BCUT2D eigenvalue weighted by Gasteiger charge is -2.27. The van der Waals surface area contributed by atoms with Gasteiger partial charge in [-0.2, -0.15) is 13.2 Å². The molecule has 46 heavy (non-hydrogen) atoms. The summed E-state index contributed by atoms with van der Waals surface area (Å²) in [5, 5.41) is 13.4. The predicted octanol–water partition coefficient (Wildman–Crippen LogP) is 7.44. The van der Waals surface area contributed by atoms with Gasteiger partial charge in [-0.05, 0) is 84.4 Å². The molecule has 1 amide bonds. The van der Waals surface area contributed by atoms with Gasteiger partial charge in [-0.1, -0.05) is 61.0 Å². The largest absolute Gasteiger partial charge is 0.496 e. The number of aryl methyl sites for hydroxylation is 1. The second kappa shape index (κ2) is 13.9. The fourth-order valence-electron chi connectivity index (χ4n) is 6.40. The average molecular weight is 637 g/mol. The number of hydrogen-bond acceptors (Lipinski definition) is 4. The van der Waals surface area contributed by atoms with E-state index in [1.54, 1.807) is 55.5 Å². The lowest BCUT2D eigenvalue weighted by molar-refractivity contribution is -0.139. The molecule has 2 N–H and O–H groups in total. The second-order valence-corrected chi connectivity index (χ2v) is 11.6. The number of piperidine rings is 1. The van der Waals surface area contributed by atoms with Gasteiger partial charge >= 0.3 is 12.1 Å². The Bertz CT molecular complexity index is 1730. The van der Waals surface area contributed by atoms with E-state index in [1.165, 1.54) is 19.2 Å². The van der Waals surface area contributed by atoms with E-state index in [2.05, 4.69) is 10.2 Å². The summed E-state index contributed by atoms with van der Waals surface area (Å²) in [6.45, 7) is 3.80. The van der Waals surface area contributed by atoms with Crippen LogP contribution in [0.2, 0.25) is 0 Å². The molecule has 6 nitrogen and oxygen atoms in total. The van der Waals surface area contributed by atoms with Crippen molar-refractivity contribution in [3.8, 4) is 16.9 Å². The van der Waals surface area contributed by atoms with Gasteiger partial charge in [-0.15, -0.1) is 0 Å². The molecule has 4 aromatic carbocycles. The molecule has 1 heterocycles. The highest BCUT2D eigenvalue weighted by atomic mass is 19.4. The van der Waals surface area contributed by atoms with E-state index in [-0.39, 0.29) is 35.3 Å². The molecule has 0 aliphatic carbocycles. The molecule has 0 spiro atoms. The summed E-state index contributed by atoms with van der Waals surface area (Å²) < 4.78 is 64.7. The van der Waals surface area contributed by atoms with Gasteiger partial charge in [0.15, 0.2) is 0 Å². The summed E-state index contributed by atoms with van der Waals surface area (Å²) in [7, 11) is 1.33. The number of nitrogens with one attached hydrogen (secondary N) is 1. The van der Waals surface area contributed by atoms with Crippen LogP contribution in [0.1, 0.15) is 51.9 Å². The van der Waals surface area contributed by atoms with Crippen LogP contribution in [0.5, 0.6) is 5.75 Å². The maximum Gasteiger partial charge on any atom is 0.417 e. The standard InChI is InChI=1S/C36H36F4N2O4/c1-22-9-6-14-28(37)31(22)34(43)41-29(35(44)45)21-24-10-7-12-26-25(24)11-8-13-27(26)32-30(46-2)16-15-23(33(32)36(38,39)40)17-20-42-18-4-3-5-19-42/h6-16,29H,3-5,17-21H2,1-2H3,(H,41,43)(H,44,45)/t29-/m0/s1. The third kappa shape index (κ3) is 7.02. The van der Waals surface area contributed by atoms with Crippen molar-refractivity contribution >= 4 is 22.6 Å². The Labute approximate surface area is 265 Å². The number of ether oxygens (including phenoxy) is 1. The Hall–Kier alpha value is -4.44. The lowest BCUT2D eigenvalue weighted by atomic mass is 9.88. The number of hydrogen-bond donors (Lipinski definition) is 2. The smallest absolute Gasteiger partial charge is 0.417 e. The molecule has 0 aromatic heterocycles. The van der Waals surface area contributed by atoms with Gasteiger partial charge in [0.25, 0.3) is 5.91 Å². The van der Waals surface area contributed by atoms with Gasteiger partial charge in [0, 0.05) is 18.5 Å². The minimum atomic E-state index is -4.68. The first kappa shape index (κ1) is 32.9. The van der Waals surface area contributed by atoms with E-state index in [9.17, 15) is 32.3 Å². The predicted molar refractivity (Wildman–Crippen MR) is 169 cm³/mol. The maximum absolute atomic E-state index is 14.9. The van der Waals surface area contributed by atoms with Gasteiger partial charge in [0.05, 0.1) is 18.2 Å². The van der Waals surface area contributed by atoms with Crippen LogP contribution < -0.4 is 10.1 Å². The van der Waals surface area contributed by atoms with Crippen molar-refractivity contribution < 1.29 is 37.0 Å². The number of rotatable bonds is 10. The zero-order chi connectivity index (χ0) is 33.0. The monoisotopic (exact) mass is 636 g/mol. The van der Waals surface area contributed by atoms with Crippen molar-refractivity contribution in [2.24, 2.45) is 0 Å². The Balaban J connectivity index is 1.55. The van der Waals surface area contributed by atoms with Crippen LogP contribution in [0.4, 0.5) is 17.6 Å². The van der Waals surface area contributed by atoms with Crippen LogP contribution >= 0.6 is 0 Å². The quantitative estimate of drug-likeness (QED) is 0.177. The SMILES string of the molecule is COc1ccc(CCN2CCCCC2)c(C(F)(F)F)c1-c1cccc2c(C[C@H](NC(=O)c3c(C)cccc3F)C(=O)O)cccc12. The van der Waals surface area contributed by atoms with Crippen LogP contribution in [0.3, 0.4) is 0 Å². The van der Waals surface area contributed by atoms with Gasteiger partial charge in [-0.25, -0.2) is 9.18 Å². The molecule has 0 bridgehead atoms. The molecule has 0 unspecified atom stereocenters. The molecule has 0 saturated carbocycles. The molecular formula is C36H36F4N2O4. The first-order valence-electron chi connectivity index (χ1n) is 15.3. The van der Waals surface area contributed by atoms with Crippen molar-refractivity contribution in [2.45, 2.75) is 51.2 Å². The van der Waals surface area contributed by atoms with Gasteiger partial charge < -0.3 is 20.1 Å². The molecule has 242 valence electrons. The Kier molecular flexibility index (Phi) is 9.96. The zero-order valence-electron chi connectivity index (χ0n) is 25.7. The summed E-state index contributed by atoms with van der Waals surface area (Å²) in [5.74, 6) is -2.91. The number of carbonyl (C=O) groups is 2. The first-order valence-corrected chi connectivity index (χ1v) is 15.3. The highest BCUT2D eigenvalue weighted by Gasteiger charge is 2.38. The summed E-state index contributed by atoms with van der Waals surface area (Å²) in [6.07, 6.45) is -1.44. The van der Waals surface area contributed by atoms with Gasteiger partial charge in [-0.3, -0.25) is 4.79 Å². The number of carbonyl (C=O) groups excluding carboxylic acids is 1. The van der Waals surface area contributed by atoms with Gasteiger partial charge in [0.1, 0.15) is 17.6 Å². The van der Waals surface area contributed by atoms with E-state index in [1.807, 2.05) is 0 Å². The number of fused-ring (bicyclic) bond motifs is 1. The number of likely N-dealkylation sites (tertiary alicyclic amines) is 1. The number of aliphatic carboxylic acids is 1. The van der Waals surface area contributed by atoms with Crippen molar-refractivity contribution in [1.29, 1.82) is 0 Å². The van der Waals surface area contributed by atoms with E-state index in [0.717, 1.165) is 38.4 Å². The summed E-state index contributed by atoms with van der Waals surface area (Å²) in [6, 6.07) is 15.7. The first-order chi connectivity index (χ1) is 22.0. The molecule has 4 aromatic rings. The Morgan fingerprint density at radius 3 is 2.30 bits per heavy atom. The van der Waals surface area contributed by atoms with E-state index >= 15 is 0 Å². The number of amides is 1. The molecule has 1 aliphatic heterocycles. The van der Waals surface area contributed by atoms with E-state index < -0.39 is 35.5 Å². The van der Waals surface area contributed by atoms with Crippen LogP contribution in [0.25, 0.3) is 21.9 Å². The lowest BCUT2D eigenvalue weighted by Crippen LogP contribution is -2.42. The molecule has 10 heteroatoms. The fraction of sp³-hybridized carbons (Fsp3) is 0.333. The highest BCUT2D eigenvalue weighted by Crippen LogP contribution is 2.46. The molecule has 1 atom stereocenters. The Morgan fingerprint density at radius 1 is 0.935 bits per heavy atom. The summed E-state index contributed by atoms with van der Waals surface area (Å²) >= 11 is 0. The second-order valence-electron chi connectivity index (χ2n) is 11.6. The Morgan fingerprint density at radius 2 is 1.63 bits per heavy atom. The molecule has 1 fully saturated rings. The van der Waals surface area contributed by atoms with E-state index in [0.29, 0.717) is 34.0 Å². The van der Waals surface area contributed by atoms with Gasteiger partial charge in [0.2, 0.25) is 0 Å². The number of nitrogens with zero attached hydrogens (tertiary/aromatic N) is 1. The number of benzene rings is 4. The third-order valence-electron chi connectivity index (χ3n) is 8.66. The number of alkyl halides is 3. The molecule has 5 rings (SSSR count). The minimum Gasteiger partial charge on any atom is -0.496 e. The van der Waals surface area contributed by atoms with Crippen molar-refractivity contribution in [1.82, 2.24) is 10.2 Å². The zero-order valence-corrected chi connectivity index (χ0v) is 25.7.